The lowest BCUT2D eigenvalue weighted by molar-refractivity contribution is 0.0516. The Morgan fingerprint density at radius 2 is 1.91 bits per heavy atom. The molecule has 0 saturated carbocycles. The minimum Gasteiger partial charge on any atom is -0.444 e. The smallest absolute Gasteiger partial charge is 0.407 e. The number of carbonyl (C=O) groups is 1. The molecule has 0 aromatic carbocycles. The van der Waals surface area contributed by atoms with Crippen LogP contribution in [0.3, 0.4) is 0 Å². The average Bonchev–Trinajstić information content (AvgIpc) is 2.38. The van der Waals surface area contributed by atoms with Gasteiger partial charge < -0.3 is 25.8 Å². The Bertz CT molecular complexity index is 304. The van der Waals surface area contributed by atoms with Crippen molar-refractivity contribution >= 4 is 6.09 Å². The molecule has 2 unspecified atom stereocenters. The van der Waals surface area contributed by atoms with Crippen LogP contribution in [0, 0.1) is 5.92 Å². The Labute approximate surface area is 135 Å². The van der Waals surface area contributed by atoms with Crippen molar-refractivity contribution in [3.8, 4) is 0 Å². The number of methoxy groups -OCH3 is 1. The lowest BCUT2D eigenvalue weighted by Crippen LogP contribution is -2.50. The van der Waals surface area contributed by atoms with E-state index in [1.54, 1.807) is 7.11 Å². The van der Waals surface area contributed by atoms with Crippen LogP contribution in [0.5, 0.6) is 0 Å². The highest BCUT2D eigenvalue weighted by Crippen LogP contribution is 2.08. The number of hydrogen-bond acceptors (Lipinski definition) is 5. The van der Waals surface area contributed by atoms with Crippen molar-refractivity contribution in [2.24, 2.45) is 11.7 Å². The van der Waals surface area contributed by atoms with E-state index in [9.17, 15) is 4.79 Å². The number of alkyl carbamates (subject to hydrolysis) is 1. The summed E-state index contributed by atoms with van der Waals surface area (Å²) in [5.41, 5.74) is 5.10. The summed E-state index contributed by atoms with van der Waals surface area (Å²) in [6.07, 6.45) is 1.52. The van der Waals surface area contributed by atoms with Crippen LogP contribution in [0.15, 0.2) is 0 Å². The Kier molecular flexibility index (Phi) is 10.4. The molecular weight excluding hydrogens is 282 g/mol. The molecule has 0 spiro atoms. The van der Waals surface area contributed by atoms with Gasteiger partial charge in [0.1, 0.15) is 5.60 Å². The summed E-state index contributed by atoms with van der Waals surface area (Å²) >= 11 is 0. The number of nitrogens with one attached hydrogen (secondary N) is 2. The van der Waals surface area contributed by atoms with Gasteiger partial charge in [-0.15, -0.1) is 0 Å². The maximum absolute atomic E-state index is 11.8. The van der Waals surface area contributed by atoms with Gasteiger partial charge in [0, 0.05) is 25.7 Å². The molecule has 0 fully saturated rings. The second kappa shape index (κ2) is 10.8. The Balaban J connectivity index is 4.42. The van der Waals surface area contributed by atoms with Gasteiger partial charge in [0.15, 0.2) is 0 Å². The van der Waals surface area contributed by atoms with Gasteiger partial charge in [0.05, 0.1) is 6.61 Å². The van der Waals surface area contributed by atoms with Gasteiger partial charge in [0.2, 0.25) is 0 Å². The van der Waals surface area contributed by atoms with E-state index in [2.05, 4.69) is 24.5 Å². The quantitative estimate of drug-likeness (QED) is 0.573. The van der Waals surface area contributed by atoms with Gasteiger partial charge in [-0.2, -0.15) is 0 Å². The van der Waals surface area contributed by atoms with Gasteiger partial charge in [-0.25, -0.2) is 4.79 Å². The molecule has 0 aliphatic carbocycles. The molecule has 0 aromatic heterocycles. The molecule has 22 heavy (non-hydrogen) atoms. The lowest BCUT2D eigenvalue weighted by Gasteiger charge is -2.29. The van der Waals surface area contributed by atoms with E-state index in [1.807, 2.05) is 20.8 Å². The molecule has 0 aromatic rings. The van der Waals surface area contributed by atoms with Gasteiger partial charge in [-0.1, -0.05) is 13.8 Å². The third-order valence-corrected chi connectivity index (χ3v) is 3.24. The molecule has 0 aliphatic heterocycles. The summed E-state index contributed by atoms with van der Waals surface area (Å²) < 4.78 is 10.5. The van der Waals surface area contributed by atoms with Crippen molar-refractivity contribution in [2.45, 2.75) is 65.1 Å². The fourth-order valence-corrected chi connectivity index (χ4v) is 2.08. The van der Waals surface area contributed by atoms with Crippen molar-refractivity contribution < 1.29 is 14.3 Å². The topological polar surface area (TPSA) is 85.6 Å². The SMILES string of the molecule is COCC(CCCN)NC(CNC(=O)OC(C)(C)C)C(C)C. The monoisotopic (exact) mass is 317 g/mol. The number of ether oxygens (including phenoxy) is 2. The number of nitrogens with two attached hydrogens (primary N) is 1. The number of rotatable bonds is 10. The molecule has 132 valence electrons. The molecule has 0 bridgehead atoms. The molecule has 4 N–H and O–H groups in total. The highest BCUT2D eigenvalue weighted by molar-refractivity contribution is 5.67. The minimum atomic E-state index is -0.482. The molecule has 0 aliphatic rings. The highest BCUT2D eigenvalue weighted by atomic mass is 16.6. The summed E-state index contributed by atoms with van der Waals surface area (Å²) in [6, 6.07) is 0.395. The third-order valence-electron chi connectivity index (χ3n) is 3.24. The first-order chi connectivity index (χ1) is 10.2. The van der Waals surface area contributed by atoms with E-state index in [-0.39, 0.29) is 18.2 Å². The molecule has 0 rings (SSSR count). The van der Waals surface area contributed by atoms with Crippen LogP contribution in [0.25, 0.3) is 0 Å². The van der Waals surface area contributed by atoms with Crippen LogP contribution in [-0.2, 0) is 9.47 Å². The number of amides is 1. The van der Waals surface area contributed by atoms with Crippen molar-refractivity contribution in [3.63, 3.8) is 0 Å². The van der Waals surface area contributed by atoms with Gasteiger partial charge in [-0.05, 0) is 46.1 Å². The van der Waals surface area contributed by atoms with Gasteiger partial charge in [-0.3, -0.25) is 0 Å². The van der Waals surface area contributed by atoms with E-state index >= 15 is 0 Å². The predicted octanol–water partition coefficient (Wildman–Crippen LogP) is 1.88. The van der Waals surface area contributed by atoms with Gasteiger partial charge >= 0.3 is 6.09 Å². The second-order valence-electron chi connectivity index (χ2n) is 6.98. The van der Waals surface area contributed by atoms with Crippen LogP contribution in [-0.4, -0.2) is 50.6 Å². The summed E-state index contributed by atoms with van der Waals surface area (Å²) in [5.74, 6) is 0.382. The Morgan fingerprint density at radius 3 is 2.36 bits per heavy atom. The predicted molar refractivity (Wildman–Crippen MR) is 90.0 cm³/mol. The third kappa shape index (κ3) is 10.8. The minimum absolute atomic E-state index is 0.158. The summed E-state index contributed by atoms with van der Waals surface area (Å²) in [7, 11) is 1.69. The summed E-state index contributed by atoms with van der Waals surface area (Å²) in [4.78, 5) is 11.8. The Morgan fingerprint density at radius 1 is 1.27 bits per heavy atom. The van der Waals surface area contributed by atoms with Crippen LogP contribution in [0.1, 0.15) is 47.5 Å². The zero-order valence-corrected chi connectivity index (χ0v) is 15.1. The van der Waals surface area contributed by atoms with Crippen LogP contribution in [0.4, 0.5) is 4.79 Å². The molecule has 0 saturated heterocycles. The molecule has 6 heteroatoms. The van der Waals surface area contributed by atoms with Crippen molar-refractivity contribution in [1.29, 1.82) is 0 Å². The molecule has 1 amide bonds. The van der Waals surface area contributed by atoms with Crippen molar-refractivity contribution in [1.82, 2.24) is 10.6 Å². The van der Waals surface area contributed by atoms with Gasteiger partial charge in [0.25, 0.3) is 0 Å². The molecule has 0 radical (unpaired) electrons. The van der Waals surface area contributed by atoms with Crippen molar-refractivity contribution in [2.75, 3.05) is 26.8 Å². The van der Waals surface area contributed by atoms with E-state index in [1.165, 1.54) is 0 Å². The molecule has 0 heterocycles. The van der Waals surface area contributed by atoms with Crippen molar-refractivity contribution in [3.05, 3.63) is 0 Å². The summed E-state index contributed by atoms with van der Waals surface area (Å²) in [6.45, 7) is 11.6. The van der Waals surface area contributed by atoms with E-state index < -0.39 is 5.60 Å². The zero-order chi connectivity index (χ0) is 17.2. The largest absolute Gasteiger partial charge is 0.444 e. The van der Waals surface area contributed by atoms with E-state index in [4.69, 9.17) is 15.2 Å². The van der Waals surface area contributed by atoms with E-state index in [0.29, 0.717) is 25.6 Å². The first kappa shape index (κ1) is 21.1. The first-order valence-electron chi connectivity index (χ1n) is 8.11. The summed E-state index contributed by atoms with van der Waals surface area (Å²) in [5, 5.41) is 6.39. The fraction of sp³-hybridized carbons (Fsp3) is 0.938. The lowest BCUT2D eigenvalue weighted by atomic mass is 10.0. The number of hydrogen-bond donors (Lipinski definition) is 3. The normalized spacial score (nSPS) is 14.7. The fourth-order valence-electron chi connectivity index (χ4n) is 2.08. The maximum atomic E-state index is 11.8. The highest BCUT2D eigenvalue weighted by Gasteiger charge is 2.21. The number of carbonyl (C=O) groups excluding carboxylic acids is 1. The zero-order valence-electron chi connectivity index (χ0n) is 15.1. The first-order valence-corrected chi connectivity index (χ1v) is 8.11. The molecular formula is C16H35N3O3. The molecule has 2 atom stereocenters. The molecule has 6 nitrogen and oxygen atoms in total. The standard InChI is InChI=1S/C16H35N3O3/c1-12(2)14(10-18-15(20)22-16(3,4)5)19-13(11-21-6)8-7-9-17/h12-14,19H,7-11,17H2,1-6H3,(H,18,20). The van der Waals surface area contributed by atoms with Crippen LogP contribution >= 0.6 is 0 Å². The average molecular weight is 317 g/mol. The van der Waals surface area contributed by atoms with Crippen LogP contribution in [0.2, 0.25) is 0 Å². The van der Waals surface area contributed by atoms with E-state index in [0.717, 1.165) is 12.8 Å². The maximum Gasteiger partial charge on any atom is 0.407 e. The van der Waals surface area contributed by atoms with Crippen LogP contribution < -0.4 is 16.4 Å². The second-order valence-corrected chi connectivity index (χ2v) is 6.98. The Hall–Kier alpha value is -0.850.